The molecule has 2 fully saturated rings. The standard InChI is InChI=1S/C23H21N7O2/c24-19-11-20(28-8-9-29-18(13-28)22(31)27-23(29)32)26-21-17(12-25-30(19)21)16-7-3-6-14-4-1-2-5-15(14)10-16/h1-5,7,10-12,18H,6,8-9,13,24H2,(H,27,31,32). The van der Waals surface area contributed by atoms with E-state index >= 15 is 0 Å². The maximum absolute atomic E-state index is 12.2. The molecule has 9 heteroatoms. The highest BCUT2D eigenvalue weighted by Gasteiger charge is 2.42. The Bertz CT molecular complexity index is 1340. The molecule has 1 aliphatic carbocycles. The molecule has 0 saturated carbocycles. The van der Waals surface area contributed by atoms with Gasteiger partial charge in [0.25, 0.3) is 5.91 Å². The molecule has 4 heterocycles. The summed E-state index contributed by atoms with van der Waals surface area (Å²) in [6.07, 6.45) is 9.03. The van der Waals surface area contributed by atoms with Gasteiger partial charge in [-0.3, -0.25) is 10.1 Å². The van der Waals surface area contributed by atoms with Crippen LogP contribution in [0.5, 0.6) is 0 Å². The molecule has 160 valence electrons. The molecule has 0 spiro atoms. The van der Waals surface area contributed by atoms with E-state index in [1.165, 1.54) is 11.1 Å². The van der Waals surface area contributed by atoms with Crippen molar-refractivity contribution in [2.24, 2.45) is 0 Å². The van der Waals surface area contributed by atoms with Gasteiger partial charge in [0.1, 0.15) is 17.7 Å². The van der Waals surface area contributed by atoms with E-state index in [2.05, 4.69) is 40.8 Å². The van der Waals surface area contributed by atoms with Gasteiger partial charge in [0.2, 0.25) is 0 Å². The highest BCUT2D eigenvalue weighted by molar-refractivity contribution is 6.04. The summed E-state index contributed by atoms with van der Waals surface area (Å²) >= 11 is 0. The van der Waals surface area contributed by atoms with Crippen LogP contribution in [0.2, 0.25) is 0 Å². The Balaban J connectivity index is 1.40. The fourth-order valence-electron chi connectivity index (χ4n) is 4.61. The van der Waals surface area contributed by atoms with Gasteiger partial charge in [0, 0.05) is 31.3 Å². The van der Waals surface area contributed by atoms with Crippen LogP contribution >= 0.6 is 0 Å². The van der Waals surface area contributed by atoms with Crippen molar-refractivity contribution in [3.63, 3.8) is 0 Å². The highest BCUT2D eigenvalue weighted by atomic mass is 16.2. The molecule has 0 bridgehead atoms. The van der Waals surface area contributed by atoms with E-state index in [9.17, 15) is 9.59 Å². The lowest BCUT2D eigenvalue weighted by atomic mass is 10.0. The number of urea groups is 1. The number of fused-ring (bicyclic) bond motifs is 3. The Morgan fingerprint density at radius 2 is 2.03 bits per heavy atom. The zero-order chi connectivity index (χ0) is 21.8. The number of anilines is 2. The zero-order valence-corrected chi connectivity index (χ0v) is 17.2. The molecular formula is C23H21N7O2. The third kappa shape index (κ3) is 2.85. The van der Waals surface area contributed by atoms with Crippen molar-refractivity contribution in [1.82, 2.24) is 24.8 Å². The second-order valence-corrected chi connectivity index (χ2v) is 8.19. The normalized spacial score (nSPS) is 20.1. The molecule has 3 aliphatic rings. The van der Waals surface area contributed by atoms with Gasteiger partial charge in [0.05, 0.1) is 6.20 Å². The molecule has 1 atom stereocenters. The number of benzene rings is 1. The van der Waals surface area contributed by atoms with Crippen molar-refractivity contribution in [2.75, 3.05) is 30.3 Å². The minimum absolute atomic E-state index is 0.272. The molecule has 3 N–H and O–H groups in total. The van der Waals surface area contributed by atoms with Crippen molar-refractivity contribution < 1.29 is 9.59 Å². The number of allylic oxidation sites excluding steroid dienone is 3. The Labute approximate surface area is 183 Å². The third-order valence-electron chi connectivity index (χ3n) is 6.30. The van der Waals surface area contributed by atoms with Crippen LogP contribution in [0.3, 0.4) is 0 Å². The molecule has 2 saturated heterocycles. The summed E-state index contributed by atoms with van der Waals surface area (Å²) in [4.78, 5) is 32.5. The van der Waals surface area contributed by atoms with E-state index in [1.807, 2.05) is 17.0 Å². The van der Waals surface area contributed by atoms with Crippen LogP contribution < -0.4 is 16.0 Å². The number of nitrogen functional groups attached to an aromatic ring is 1. The second-order valence-electron chi connectivity index (χ2n) is 8.19. The largest absolute Gasteiger partial charge is 0.383 e. The van der Waals surface area contributed by atoms with Gasteiger partial charge in [0.15, 0.2) is 5.65 Å². The van der Waals surface area contributed by atoms with Gasteiger partial charge >= 0.3 is 6.03 Å². The van der Waals surface area contributed by atoms with Crippen molar-refractivity contribution in [1.29, 1.82) is 0 Å². The predicted molar refractivity (Wildman–Crippen MR) is 121 cm³/mol. The number of nitrogens with one attached hydrogen (secondary N) is 1. The highest BCUT2D eigenvalue weighted by Crippen LogP contribution is 2.30. The number of rotatable bonds is 2. The van der Waals surface area contributed by atoms with Crippen LogP contribution in [0.25, 0.3) is 17.3 Å². The number of carbonyl (C=O) groups excluding carboxylic acids is 2. The minimum atomic E-state index is -0.510. The Morgan fingerprint density at radius 3 is 2.94 bits per heavy atom. The fraction of sp³-hybridized carbons (Fsp3) is 0.217. The predicted octanol–water partition coefficient (Wildman–Crippen LogP) is 1.70. The minimum Gasteiger partial charge on any atom is -0.383 e. The van der Waals surface area contributed by atoms with Gasteiger partial charge < -0.3 is 15.5 Å². The molecular weight excluding hydrogens is 406 g/mol. The molecule has 6 rings (SSSR count). The summed E-state index contributed by atoms with van der Waals surface area (Å²) in [5, 5.41) is 6.84. The number of imide groups is 1. The summed E-state index contributed by atoms with van der Waals surface area (Å²) in [5.74, 6) is 0.859. The Morgan fingerprint density at radius 1 is 1.16 bits per heavy atom. The summed E-state index contributed by atoms with van der Waals surface area (Å²) in [6.45, 7) is 1.39. The first-order chi connectivity index (χ1) is 15.6. The van der Waals surface area contributed by atoms with Crippen molar-refractivity contribution in [3.05, 3.63) is 65.4 Å². The van der Waals surface area contributed by atoms with Crippen LogP contribution in [-0.4, -0.2) is 57.1 Å². The topological polar surface area (TPSA) is 109 Å². The van der Waals surface area contributed by atoms with E-state index in [-0.39, 0.29) is 11.9 Å². The molecule has 32 heavy (non-hydrogen) atoms. The average molecular weight is 427 g/mol. The van der Waals surface area contributed by atoms with Gasteiger partial charge in [-0.1, -0.05) is 36.4 Å². The number of aromatic nitrogens is 3. The number of hydrogen-bond donors (Lipinski definition) is 2. The first kappa shape index (κ1) is 18.6. The Hall–Kier alpha value is -4.14. The molecule has 9 nitrogen and oxygen atoms in total. The average Bonchev–Trinajstić information content (AvgIpc) is 3.26. The molecule has 1 unspecified atom stereocenters. The smallest absolute Gasteiger partial charge is 0.324 e. The first-order valence-corrected chi connectivity index (χ1v) is 10.6. The van der Waals surface area contributed by atoms with E-state index in [0.717, 1.165) is 17.6 Å². The van der Waals surface area contributed by atoms with Crippen molar-refractivity contribution in [3.8, 4) is 0 Å². The number of hydrogen-bond acceptors (Lipinski definition) is 6. The second kappa shape index (κ2) is 6.94. The van der Waals surface area contributed by atoms with Crippen LogP contribution in [0, 0.1) is 0 Å². The van der Waals surface area contributed by atoms with Crippen LogP contribution in [0.4, 0.5) is 16.4 Å². The Kier molecular flexibility index (Phi) is 4.04. The third-order valence-corrected chi connectivity index (χ3v) is 6.30. The monoisotopic (exact) mass is 427 g/mol. The lowest BCUT2D eigenvalue weighted by molar-refractivity contribution is -0.121. The van der Waals surface area contributed by atoms with Gasteiger partial charge in [-0.05, 0) is 29.2 Å². The molecule has 2 aliphatic heterocycles. The molecule has 2 aromatic heterocycles. The SMILES string of the molecule is Nc1cc(N2CCN3C(=O)NC(=O)C3C2)nc2c(C3=Cc4ccccc4CC=C3)cnn12. The fourth-order valence-corrected chi connectivity index (χ4v) is 4.61. The van der Waals surface area contributed by atoms with E-state index in [4.69, 9.17) is 10.7 Å². The summed E-state index contributed by atoms with van der Waals surface area (Å²) in [6, 6.07) is 9.25. The van der Waals surface area contributed by atoms with E-state index in [0.29, 0.717) is 36.9 Å². The summed E-state index contributed by atoms with van der Waals surface area (Å²) in [5.41, 5.74) is 11.3. The van der Waals surface area contributed by atoms with Crippen molar-refractivity contribution >= 4 is 40.9 Å². The first-order valence-electron chi connectivity index (χ1n) is 10.6. The van der Waals surface area contributed by atoms with Crippen LogP contribution in [0.1, 0.15) is 16.7 Å². The van der Waals surface area contributed by atoms with Crippen LogP contribution in [0.15, 0.2) is 48.7 Å². The van der Waals surface area contributed by atoms with Crippen LogP contribution in [-0.2, 0) is 11.2 Å². The maximum Gasteiger partial charge on any atom is 0.324 e. The summed E-state index contributed by atoms with van der Waals surface area (Å²) in [7, 11) is 0. The van der Waals surface area contributed by atoms with Gasteiger partial charge in [-0.25, -0.2) is 9.78 Å². The number of piperazine rings is 1. The molecule has 1 aromatic carbocycles. The molecule has 0 radical (unpaired) electrons. The number of nitrogens with zero attached hydrogens (tertiary/aromatic N) is 5. The zero-order valence-electron chi connectivity index (χ0n) is 17.2. The van der Waals surface area contributed by atoms with E-state index in [1.54, 1.807) is 21.7 Å². The number of amides is 3. The summed E-state index contributed by atoms with van der Waals surface area (Å²) < 4.78 is 1.63. The maximum atomic E-state index is 12.2. The number of nitrogens with two attached hydrogens (primary N) is 1. The number of carbonyl (C=O) groups is 2. The lowest BCUT2D eigenvalue weighted by Crippen LogP contribution is -2.53. The molecule has 3 aromatic rings. The molecule has 3 amide bonds. The van der Waals surface area contributed by atoms with Gasteiger partial charge in [-0.15, -0.1) is 0 Å². The van der Waals surface area contributed by atoms with Gasteiger partial charge in [-0.2, -0.15) is 9.61 Å². The quantitative estimate of drug-likeness (QED) is 0.603. The lowest BCUT2D eigenvalue weighted by Gasteiger charge is -2.36. The van der Waals surface area contributed by atoms with Crippen molar-refractivity contribution in [2.45, 2.75) is 12.5 Å². The van der Waals surface area contributed by atoms with E-state index < -0.39 is 6.04 Å².